The molecule has 0 amide bonds. The van der Waals surface area contributed by atoms with Crippen molar-refractivity contribution in [1.29, 1.82) is 0 Å². The molecule has 0 aliphatic heterocycles. The summed E-state index contributed by atoms with van der Waals surface area (Å²) in [7, 11) is 0. The number of hydrogen-bond donors (Lipinski definition) is 0. The van der Waals surface area contributed by atoms with Crippen molar-refractivity contribution in [2.75, 3.05) is 0 Å². The number of halogens is 2. The fourth-order valence-electron chi connectivity index (χ4n) is 7.98. The molecule has 4 heteroatoms. The van der Waals surface area contributed by atoms with E-state index >= 15 is 0 Å². The van der Waals surface area contributed by atoms with Gasteiger partial charge in [0.2, 0.25) is 0 Å². The molecule has 2 aliphatic rings. The fraction of sp³-hybridized carbons (Fsp3) is 0.0263. The minimum atomic E-state index is -0.594. The fourth-order valence-corrected chi connectivity index (χ4v) is 8.85. The second-order valence-electron chi connectivity index (χ2n) is 11.3. The van der Waals surface area contributed by atoms with E-state index in [2.05, 4.69) is 135 Å². The van der Waals surface area contributed by atoms with Gasteiger partial charge in [-0.3, -0.25) is 4.98 Å². The molecule has 0 saturated carbocycles. The lowest BCUT2D eigenvalue weighted by Gasteiger charge is -2.30. The number of para-hydroxylation sites is 1. The molecule has 0 radical (unpaired) electrons. The van der Waals surface area contributed by atoms with Gasteiger partial charge in [-0.2, -0.15) is 0 Å². The van der Waals surface area contributed by atoms with Crippen LogP contribution in [-0.2, 0) is 5.41 Å². The highest BCUT2D eigenvalue weighted by atomic mass is 79.9. The lowest BCUT2D eigenvalue weighted by molar-refractivity contribution is 0.666. The Morgan fingerprint density at radius 2 is 1.36 bits per heavy atom. The molecule has 42 heavy (non-hydrogen) atoms. The zero-order chi connectivity index (χ0) is 27.7. The van der Waals surface area contributed by atoms with Crippen LogP contribution >= 0.6 is 31.9 Å². The van der Waals surface area contributed by atoms with E-state index in [4.69, 9.17) is 9.40 Å². The van der Waals surface area contributed by atoms with Crippen molar-refractivity contribution in [3.05, 3.63) is 147 Å². The van der Waals surface area contributed by atoms with Gasteiger partial charge < -0.3 is 4.42 Å². The standard InChI is InChI=1S/C38H19Br2NO/c39-20-15-16-24-27(18-20)21-8-1-2-10-23(21)32-34-29(19-30(40)36-33(34)26-11-4-6-14-31(26)42-36)38(35(24)32)28-13-5-3-9-22(28)25-12-7-17-41-37(25)38/h1-19H. The van der Waals surface area contributed by atoms with E-state index in [9.17, 15) is 0 Å². The Kier molecular flexibility index (Phi) is 4.43. The number of nitrogens with zero attached hydrogens (tertiary/aromatic N) is 1. The first kappa shape index (κ1) is 23.3. The minimum Gasteiger partial charge on any atom is -0.455 e. The van der Waals surface area contributed by atoms with Crippen molar-refractivity contribution >= 4 is 75.3 Å². The zero-order valence-corrected chi connectivity index (χ0v) is 25.3. The summed E-state index contributed by atoms with van der Waals surface area (Å²) in [5.74, 6) is 0. The molecule has 1 unspecified atom stereocenters. The Labute approximate surface area is 257 Å². The maximum atomic E-state index is 6.56. The van der Waals surface area contributed by atoms with Crippen LogP contribution in [0.3, 0.4) is 0 Å². The van der Waals surface area contributed by atoms with Crippen LogP contribution in [0.15, 0.2) is 129 Å². The summed E-state index contributed by atoms with van der Waals surface area (Å²) < 4.78 is 8.59. The van der Waals surface area contributed by atoms with Crippen molar-refractivity contribution < 1.29 is 4.42 Å². The van der Waals surface area contributed by atoms with Gasteiger partial charge in [0.05, 0.1) is 15.6 Å². The van der Waals surface area contributed by atoms with Gasteiger partial charge in [0, 0.05) is 27.0 Å². The molecule has 0 saturated heterocycles. The Morgan fingerprint density at radius 3 is 2.26 bits per heavy atom. The molecular formula is C38H19Br2NO. The molecule has 2 aromatic heterocycles. The average molecular weight is 665 g/mol. The van der Waals surface area contributed by atoms with Crippen LogP contribution in [0.1, 0.15) is 22.4 Å². The lowest BCUT2D eigenvalue weighted by Crippen LogP contribution is -2.27. The van der Waals surface area contributed by atoms with E-state index in [0.717, 1.165) is 36.6 Å². The Hall–Kier alpha value is -4.25. The van der Waals surface area contributed by atoms with Gasteiger partial charge in [-0.05, 0) is 101 Å². The normalized spacial score (nSPS) is 16.4. The molecule has 6 aromatic carbocycles. The molecule has 1 spiro atoms. The van der Waals surface area contributed by atoms with E-state index in [1.807, 2.05) is 12.3 Å². The van der Waals surface area contributed by atoms with Gasteiger partial charge in [0.1, 0.15) is 11.2 Å². The van der Waals surface area contributed by atoms with Gasteiger partial charge >= 0.3 is 0 Å². The second kappa shape index (κ2) is 7.97. The topological polar surface area (TPSA) is 26.0 Å². The maximum Gasteiger partial charge on any atom is 0.150 e. The minimum absolute atomic E-state index is 0.594. The Balaban J connectivity index is 1.58. The number of hydrogen-bond acceptors (Lipinski definition) is 2. The van der Waals surface area contributed by atoms with Crippen LogP contribution in [0.5, 0.6) is 0 Å². The predicted octanol–water partition coefficient (Wildman–Crippen LogP) is 11.2. The van der Waals surface area contributed by atoms with Gasteiger partial charge in [0.15, 0.2) is 0 Å². The SMILES string of the molecule is Brc1ccc2c3c(c4ccccc4c2c1)-c1c(cc(Br)c2oc4ccccc4c12)C31c2ccccc2-c2cccnc21. The first-order chi connectivity index (χ1) is 20.7. The van der Waals surface area contributed by atoms with Crippen LogP contribution in [0.25, 0.3) is 65.7 Å². The molecule has 2 heterocycles. The quantitative estimate of drug-likeness (QED) is 0.151. The summed E-state index contributed by atoms with van der Waals surface area (Å²) in [6, 6.07) is 39.5. The monoisotopic (exact) mass is 663 g/mol. The van der Waals surface area contributed by atoms with E-state index in [1.54, 1.807) is 0 Å². The van der Waals surface area contributed by atoms with Crippen LogP contribution in [0.2, 0.25) is 0 Å². The summed E-state index contributed by atoms with van der Waals surface area (Å²) in [6.45, 7) is 0. The van der Waals surface area contributed by atoms with Gasteiger partial charge in [-0.25, -0.2) is 0 Å². The third-order valence-electron chi connectivity index (χ3n) is 9.40. The number of pyridine rings is 1. The summed E-state index contributed by atoms with van der Waals surface area (Å²) in [5, 5.41) is 7.24. The molecule has 8 aromatic rings. The molecule has 2 nitrogen and oxygen atoms in total. The maximum absolute atomic E-state index is 6.56. The third-order valence-corrected chi connectivity index (χ3v) is 10.5. The number of fused-ring (bicyclic) bond motifs is 19. The number of aromatic nitrogens is 1. The van der Waals surface area contributed by atoms with Crippen LogP contribution in [0.4, 0.5) is 0 Å². The Bertz CT molecular complexity index is 2460. The number of furan rings is 1. The summed E-state index contributed by atoms with van der Waals surface area (Å²) in [5.41, 5.74) is 11.0. The second-order valence-corrected chi connectivity index (χ2v) is 13.0. The van der Waals surface area contributed by atoms with Crippen molar-refractivity contribution in [3.63, 3.8) is 0 Å². The van der Waals surface area contributed by atoms with E-state index < -0.39 is 5.41 Å². The molecule has 0 N–H and O–H groups in total. The van der Waals surface area contributed by atoms with Crippen LogP contribution in [-0.4, -0.2) is 4.98 Å². The average Bonchev–Trinajstić information content (AvgIpc) is 3.66. The van der Waals surface area contributed by atoms with Crippen molar-refractivity contribution in [2.45, 2.75) is 5.41 Å². The van der Waals surface area contributed by atoms with Gasteiger partial charge in [-0.1, -0.05) is 94.8 Å². The largest absolute Gasteiger partial charge is 0.455 e. The summed E-state index contributed by atoms with van der Waals surface area (Å²) in [6.07, 6.45) is 1.95. The molecule has 1 atom stereocenters. The van der Waals surface area contributed by atoms with E-state index in [-0.39, 0.29) is 0 Å². The number of benzene rings is 6. The highest BCUT2D eigenvalue weighted by Crippen LogP contribution is 2.66. The predicted molar refractivity (Wildman–Crippen MR) is 178 cm³/mol. The first-order valence-corrected chi connectivity index (χ1v) is 15.6. The van der Waals surface area contributed by atoms with E-state index in [1.165, 1.54) is 60.5 Å². The molecule has 0 bridgehead atoms. The Morgan fingerprint density at radius 1 is 0.595 bits per heavy atom. The summed E-state index contributed by atoms with van der Waals surface area (Å²) in [4.78, 5) is 5.22. The molecule has 10 rings (SSSR count). The highest BCUT2D eigenvalue weighted by Gasteiger charge is 2.55. The molecule has 0 fully saturated rings. The molecular weight excluding hydrogens is 646 g/mol. The smallest absolute Gasteiger partial charge is 0.150 e. The van der Waals surface area contributed by atoms with Crippen molar-refractivity contribution in [1.82, 2.24) is 4.98 Å². The van der Waals surface area contributed by atoms with Gasteiger partial charge in [-0.15, -0.1) is 0 Å². The van der Waals surface area contributed by atoms with Crippen LogP contribution in [0, 0.1) is 0 Å². The van der Waals surface area contributed by atoms with Crippen molar-refractivity contribution in [2.24, 2.45) is 0 Å². The van der Waals surface area contributed by atoms with Gasteiger partial charge in [0.25, 0.3) is 0 Å². The van der Waals surface area contributed by atoms with Crippen LogP contribution < -0.4 is 0 Å². The molecule has 2 aliphatic carbocycles. The molecule has 196 valence electrons. The zero-order valence-electron chi connectivity index (χ0n) is 22.1. The first-order valence-electron chi connectivity index (χ1n) is 14.0. The third kappa shape index (κ3) is 2.60. The summed E-state index contributed by atoms with van der Waals surface area (Å²) >= 11 is 7.76. The van der Waals surface area contributed by atoms with Crippen molar-refractivity contribution in [3.8, 4) is 22.3 Å². The van der Waals surface area contributed by atoms with E-state index in [0.29, 0.717) is 0 Å². The lowest BCUT2D eigenvalue weighted by atomic mass is 9.71. The number of rotatable bonds is 0. The highest BCUT2D eigenvalue weighted by molar-refractivity contribution is 9.11.